The first-order valence-electron chi connectivity index (χ1n) is 5.96. The molecule has 0 aliphatic heterocycles. The Morgan fingerprint density at radius 2 is 1.62 bits per heavy atom. The zero-order chi connectivity index (χ0) is 9.94. The van der Waals surface area contributed by atoms with E-state index >= 15 is 0 Å². The molecular weight excluding hydrogens is 171 g/mol. The Morgan fingerprint density at radius 3 is 2.15 bits per heavy atom. The third-order valence-electron chi connectivity index (χ3n) is 2.93. The summed E-state index contributed by atoms with van der Waals surface area (Å²) < 4.78 is 0. The third-order valence-corrected chi connectivity index (χ3v) is 6.46. The summed E-state index contributed by atoms with van der Waals surface area (Å²) in [7, 11) is 0. The van der Waals surface area contributed by atoms with Crippen LogP contribution in [0.1, 0.15) is 46.0 Å². The predicted octanol–water partition coefficient (Wildman–Crippen LogP) is 4.66. The fraction of sp³-hybridized carbons (Fsp3) is 0.833. The van der Waals surface area contributed by atoms with Crippen LogP contribution in [0.2, 0.25) is 15.8 Å². The number of hydrogen-bond donors (Lipinski definition) is 0. The molecule has 0 radical (unpaired) electrons. The molecule has 0 aromatic rings. The van der Waals surface area contributed by atoms with Gasteiger partial charge in [-0.25, -0.2) is 0 Å². The highest BCUT2D eigenvalue weighted by atomic mass is 27.2. The third kappa shape index (κ3) is 8.60. The molecule has 1 heteroatoms. The summed E-state index contributed by atoms with van der Waals surface area (Å²) in [4.78, 5) is 0. The lowest BCUT2D eigenvalue weighted by Crippen LogP contribution is -2.07. The molecule has 13 heavy (non-hydrogen) atoms. The van der Waals surface area contributed by atoms with Crippen molar-refractivity contribution < 1.29 is 0 Å². The Hall–Kier alpha value is 0.272. The Kier molecular flexibility index (Phi) is 10.6. The molecule has 76 valence electrons. The fourth-order valence-corrected chi connectivity index (χ4v) is 4.03. The van der Waals surface area contributed by atoms with Gasteiger partial charge in [-0.15, -0.1) is 6.58 Å². The van der Waals surface area contributed by atoms with E-state index in [2.05, 4.69) is 20.4 Å². The van der Waals surface area contributed by atoms with Crippen LogP contribution in [-0.2, 0) is 0 Å². The average Bonchev–Trinajstić information content (AvgIpc) is 2.17. The van der Waals surface area contributed by atoms with Crippen molar-refractivity contribution in [1.29, 1.82) is 0 Å². The zero-order valence-corrected chi connectivity index (χ0v) is 10.7. The Labute approximate surface area is 88.8 Å². The molecule has 0 spiro atoms. The Bertz CT molecular complexity index is 106. The molecule has 0 aromatic heterocycles. The SMILES string of the molecule is C=CCCCCC[CH2][Al]([CH2]C)[CH2]C. The van der Waals surface area contributed by atoms with Gasteiger partial charge in [0.25, 0.3) is 14.1 Å². The normalized spacial score (nSPS) is 10.0. The van der Waals surface area contributed by atoms with Gasteiger partial charge in [-0.1, -0.05) is 55.0 Å². The summed E-state index contributed by atoms with van der Waals surface area (Å²) in [5.41, 5.74) is 0. The summed E-state index contributed by atoms with van der Waals surface area (Å²) in [6.07, 6.45) is 8.97. The highest BCUT2D eigenvalue weighted by molar-refractivity contribution is 6.58. The monoisotopic (exact) mass is 196 g/mol. The van der Waals surface area contributed by atoms with Crippen LogP contribution in [0.15, 0.2) is 12.7 Å². The van der Waals surface area contributed by atoms with Crippen molar-refractivity contribution in [3.8, 4) is 0 Å². The van der Waals surface area contributed by atoms with Gasteiger partial charge >= 0.3 is 0 Å². The Balaban J connectivity index is 3.09. The number of hydrogen-bond acceptors (Lipinski definition) is 0. The zero-order valence-electron chi connectivity index (χ0n) is 9.52. The lowest BCUT2D eigenvalue weighted by Gasteiger charge is -2.05. The van der Waals surface area contributed by atoms with Crippen molar-refractivity contribution in [2.24, 2.45) is 0 Å². The summed E-state index contributed by atoms with van der Waals surface area (Å²) in [5, 5.41) is 4.59. The molecule has 0 rings (SSSR count). The average molecular weight is 196 g/mol. The quantitative estimate of drug-likeness (QED) is 0.286. The molecule has 0 unspecified atom stereocenters. The summed E-state index contributed by atoms with van der Waals surface area (Å²) in [6.45, 7) is 8.49. The van der Waals surface area contributed by atoms with Gasteiger partial charge in [0.05, 0.1) is 0 Å². The van der Waals surface area contributed by atoms with Crippen LogP contribution in [0.25, 0.3) is 0 Å². The second-order valence-corrected chi connectivity index (χ2v) is 7.91. The molecule has 0 aromatic carbocycles. The molecular formula is C12H25Al. The first-order valence-corrected chi connectivity index (χ1v) is 8.40. The largest absolute Gasteiger partial charge is 0.261 e. The van der Waals surface area contributed by atoms with E-state index in [1.807, 2.05) is 6.08 Å². The van der Waals surface area contributed by atoms with Crippen LogP contribution in [0.4, 0.5) is 0 Å². The second-order valence-electron chi connectivity index (χ2n) is 3.96. The standard InChI is InChI=1S/C8H15.2C2H5.Al/c1-3-5-7-8-6-4-2;2*1-2;/h3H,1-2,4-8H2;2*1H2,2H3;. The van der Waals surface area contributed by atoms with Crippen LogP contribution in [0, 0.1) is 0 Å². The van der Waals surface area contributed by atoms with E-state index in [9.17, 15) is 0 Å². The van der Waals surface area contributed by atoms with Crippen molar-refractivity contribution in [1.82, 2.24) is 0 Å². The summed E-state index contributed by atoms with van der Waals surface area (Å²) in [6, 6.07) is 0. The molecule has 0 aliphatic rings. The molecule has 0 aliphatic carbocycles. The lowest BCUT2D eigenvalue weighted by atomic mass is 10.1. The van der Waals surface area contributed by atoms with Crippen molar-refractivity contribution in [3.05, 3.63) is 12.7 Å². The molecule has 0 bridgehead atoms. The minimum atomic E-state index is -0.271. The minimum Gasteiger partial charge on any atom is -0.103 e. The van der Waals surface area contributed by atoms with Crippen molar-refractivity contribution in [2.45, 2.75) is 61.8 Å². The molecule has 0 N–H and O–H groups in total. The van der Waals surface area contributed by atoms with E-state index < -0.39 is 0 Å². The topological polar surface area (TPSA) is 0 Å². The summed E-state index contributed by atoms with van der Waals surface area (Å²) >= 11 is -0.271. The summed E-state index contributed by atoms with van der Waals surface area (Å²) in [5.74, 6) is 0. The molecule has 0 nitrogen and oxygen atoms in total. The van der Waals surface area contributed by atoms with Gasteiger partial charge in [0, 0.05) is 0 Å². The first-order chi connectivity index (χ1) is 6.35. The van der Waals surface area contributed by atoms with E-state index in [4.69, 9.17) is 0 Å². The van der Waals surface area contributed by atoms with Gasteiger partial charge in [0.2, 0.25) is 0 Å². The van der Waals surface area contributed by atoms with Crippen molar-refractivity contribution in [3.63, 3.8) is 0 Å². The second kappa shape index (κ2) is 10.4. The van der Waals surface area contributed by atoms with Gasteiger partial charge in [-0.2, -0.15) is 0 Å². The molecule has 0 saturated heterocycles. The van der Waals surface area contributed by atoms with Crippen LogP contribution < -0.4 is 0 Å². The van der Waals surface area contributed by atoms with Gasteiger partial charge in [0.15, 0.2) is 0 Å². The number of unbranched alkanes of at least 4 members (excludes halogenated alkanes) is 4. The van der Waals surface area contributed by atoms with E-state index in [1.165, 1.54) is 42.7 Å². The molecule has 0 amide bonds. The van der Waals surface area contributed by atoms with Gasteiger partial charge in [-0.3, -0.25) is 0 Å². The van der Waals surface area contributed by atoms with Gasteiger partial charge < -0.3 is 0 Å². The van der Waals surface area contributed by atoms with Crippen LogP contribution in [-0.4, -0.2) is 14.1 Å². The molecule has 0 heterocycles. The van der Waals surface area contributed by atoms with E-state index in [0.29, 0.717) is 0 Å². The molecule has 0 saturated carbocycles. The van der Waals surface area contributed by atoms with E-state index in [-0.39, 0.29) is 14.1 Å². The maximum absolute atomic E-state index is 3.74. The highest BCUT2D eigenvalue weighted by Crippen LogP contribution is 2.12. The van der Waals surface area contributed by atoms with Crippen molar-refractivity contribution in [2.75, 3.05) is 0 Å². The van der Waals surface area contributed by atoms with Crippen molar-refractivity contribution >= 4 is 14.1 Å². The smallest absolute Gasteiger partial charge is 0.103 e. The van der Waals surface area contributed by atoms with Crippen LogP contribution in [0.3, 0.4) is 0 Å². The van der Waals surface area contributed by atoms with E-state index in [0.717, 1.165) is 0 Å². The van der Waals surface area contributed by atoms with E-state index in [1.54, 1.807) is 5.28 Å². The van der Waals surface area contributed by atoms with Gasteiger partial charge in [-0.05, 0) is 12.8 Å². The first kappa shape index (κ1) is 13.3. The highest BCUT2D eigenvalue weighted by Gasteiger charge is 2.09. The predicted molar refractivity (Wildman–Crippen MR) is 64.8 cm³/mol. The molecule has 0 atom stereocenters. The molecule has 0 fully saturated rings. The van der Waals surface area contributed by atoms with Crippen LogP contribution in [0.5, 0.6) is 0 Å². The number of allylic oxidation sites excluding steroid dienone is 1. The van der Waals surface area contributed by atoms with Crippen LogP contribution >= 0.6 is 0 Å². The maximum Gasteiger partial charge on any atom is 0.261 e. The fourth-order valence-electron chi connectivity index (χ4n) is 1.77. The maximum atomic E-state index is 3.74. The lowest BCUT2D eigenvalue weighted by molar-refractivity contribution is 0.671. The Morgan fingerprint density at radius 1 is 1.00 bits per heavy atom. The van der Waals surface area contributed by atoms with Gasteiger partial charge in [0.1, 0.15) is 0 Å². The number of rotatable bonds is 9. The minimum absolute atomic E-state index is 0.271.